The average Bonchev–Trinajstić information content (AvgIpc) is 2.34. The van der Waals surface area contributed by atoms with Gasteiger partial charge in [-0.2, -0.15) is 0 Å². The molecule has 0 aromatic carbocycles. The van der Waals surface area contributed by atoms with E-state index in [0.29, 0.717) is 19.1 Å². The van der Waals surface area contributed by atoms with E-state index < -0.39 is 8.80 Å². The molecule has 1 N–H and O–H groups in total. The molecule has 0 bridgehead atoms. The summed E-state index contributed by atoms with van der Waals surface area (Å²) < 4.78 is 23.0. The van der Waals surface area contributed by atoms with Crippen molar-refractivity contribution in [3.8, 4) is 0 Å². The van der Waals surface area contributed by atoms with Gasteiger partial charge in [0, 0.05) is 33.0 Å². The molecule has 1 atom stereocenters. The van der Waals surface area contributed by atoms with Gasteiger partial charge in [-0.3, -0.25) is 5.32 Å². The minimum atomic E-state index is -2.58. The highest BCUT2D eigenvalue weighted by atomic mass is 28.4. The predicted molar refractivity (Wildman–Crippen MR) is 83.7 cm³/mol. The van der Waals surface area contributed by atoms with Crippen LogP contribution in [0.5, 0.6) is 0 Å². The van der Waals surface area contributed by atoms with Crippen molar-refractivity contribution in [2.75, 3.05) is 33.5 Å². The van der Waals surface area contributed by atoms with Gasteiger partial charge in [0.2, 0.25) is 0 Å². The highest BCUT2D eigenvalue weighted by molar-refractivity contribution is 6.60. The van der Waals surface area contributed by atoms with Crippen LogP contribution >= 0.6 is 0 Å². The van der Waals surface area contributed by atoms with Crippen molar-refractivity contribution in [1.82, 2.24) is 5.32 Å². The van der Waals surface area contributed by atoms with Gasteiger partial charge in [-0.05, 0) is 39.7 Å². The maximum absolute atomic E-state index is 6.15. The summed E-state index contributed by atoms with van der Waals surface area (Å²) in [5, 5.41) is 3.34. The van der Waals surface area contributed by atoms with Crippen molar-refractivity contribution in [1.29, 1.82) is 0 Å². The molecular formula is C14H33NO4Si. The Hall–Kier alpha value is 0.0169. The molecule has 0 aliphatic carbocycles. The standard InChI is InChI=1S/C14H33NO4Si/c1-7-17-20(18-8-2,12-13(3)4)19-14(5)15-10-9-11-16-6/h13-15H,7-12H2,1-6H3. The van der Waals surface area contributed by atoms with Crippen molar-refractivity contribution in [2.45, 2.75) is 53.3 Å². The normalized spacial score (nSPS) is 13.9. The second-order valence-electron chi connectivity index (χ2n) is 5.21. The molecule has 0 radical (unpaired) electrons. The minimum Gasteiger partial charge on any atom is -0.385 e. The van der Waals surface area contributed by atoms with Crippen molar-refractivity contribution >= 4 is 8.80 Å². The molecule has 0 aromatic heterocycles. The fraction of sp³-hybridized carbons (Fsp3) is 1.00. The molecular weight excluding hydrogens is 274 g/mol. The van der Waals surface area contributed by atoms with Crippen LogP contribution in [0.4, 0.5) is 0 Å². The van der Waals surface area contributed by atoms with Crippen molar-refractivity contribution in [3.05, 3.63) is 0 Å². The van der Waals surface area contributed by atoms with Gasteiger partial charge in [-0.15, -0.1) is 0 Å². The number of hydrogen-bond acceptors (Lipinski definition) is 5. The smallest absolute Gasteiger partial charge is 0.385 e. The van der Waals surface area contributed by atoms with E-state index >= 15 is 0 Å². The zero-order valence-corrected chi connectivity index (χ0v) is 15.0. The molecule has 0 aliphatic rings. The Morgan fingerprint density at radius 2 is 1.65 bits per heavy atom. The van der Waals surface area contributed by atoms with E-state index in [2.05, 4.69) is 19.2 Å². The Morgan fingerprint density at radius 3 is 2.10 bits per heavy atom. The highest BCUT2D eigenvalue weighted by Gasteiger charge is 2.42. The van der Waals surface area contributed by atoms with Crippen molar-refractivity contribution in [2.24, 2.45) is 5.92 Å². The van der Waals surface area contributed by atoms with Gasteiger partial charge in [-0.1, -0.05) is 13.8 Å². The Morgan fingerprint density at radius 1 is 1.05 bits per heavy atom. The van der Waals surface area contributed by atoms with Crippen LogP contribution in [-0.2, 0) is 18.0 Å². The van der Waals surface area contributed by atoms with Crippen molar-refractivity contribution < 1.29 is 18.0 Å². The van der Waals surface area contributed by atoms with Crippen LogP contribution in [0.15, 0.2) is 0 Å². The van der Waals surface area contributed by atoms with Gasteiger partial charge in [0.25, 0.3) is 0 Å². The first-order chi connectivity index (χ1) is 9.49. The van der Waals surface area contributed by atoms with E-state index in [1.54, 1.807) is 7.11 Å². The fourth-order valence-corrected chi connectivity index (χ4v) is 5.10. The maximum atomic E-state index is 6.15. The summed E-state index contributed by atoms with van der Waals surface area (Å²) in [6.07, 6.45) is 0.891. The molecule has 0 fully saturated rings. The van der Waals surface area contributed by atoms with E-state index in [1.165, 1.54) is 0 Å². The molecule has 0 spiro atoms. The average molecular weight is 308 g/mol. The van der Waals surface area contributed by atoms with E-state index in [9.17, 15) is 0 Å². The maximum Gasteiger partial charge on any atom is 0.502 e. The number of rotatable bonds is 13. The van der Waals surface area contributed by atoms with Crippen LogP contribution in [0, 0.1) is 5.92 Å². The summed E-state index contributed by atoms with van der Waals surface area (Å²) in [6, 6.07) is 0.846. The Bertz CT molecular complexity index is 223. The van der Waals surface area contributed by atoms with Gasteiger partial charge >= 0.3 is 8.80 Å². The lowest BCUT2D eigenvalue weighted by molar-refractivity contribution is 0.0237. The monoisotopic (exact) mass is 307 g/mol. The summed E-state index contributed by atoms with van der Waals surface area (Å²) in [4.78, 5) is 0. The zero-order valence-electron chi connectivity index (χ0n) is 14.0. The Balaban J connectivity index is 4.43. The highest BCUT2D eigenvalue weighted by Crippen LogP contribution is 2.22. The summed E-state index contributed by atoms with van der Waals surface area (Å²) in [5.74, 6) is 0.487. The van der Waals surface area contributed by atoms with Crippen molar-refractivity contribution in [3.63, 3.8) is 0 Å². The summed E-state index contributed by atoms with van der Waals surface area (Å²) >= 11 is 0. The first kappa shape index (κ1) is 20.0. The number of ether oxygens (including phenoxy) is 1. The zero-order chi connectivity index (χ0) is 15.4. The molecule has 0 amide bonds. The SMILES string of the molecule is CCO[Si](CC(C)C)(OCC)OC(C)NCCCOC. The number of hydrogen-bond donors (Lipinski definition) is 1. The second-order valence-corrected chi connectivity index (χ2v) is 7.79. The Kier molecular flexibility index (Phi) is 11.7. The van der Waals surface area contributed by atoms with E-state index in [1.807, 2.05) is 20.8 Å². The summed E-state index contributed by atoms with van der Waals surface area (Å²) in [6.45, 7) is 13.2. The van der Waals surface area contributed by atoms with E-state index in [4.69, 9.17) is 18.0 Å². The number of nitrogens with one attached hydrogen (secondary N) is 1. The number of methoxy groups -OCH3 is 1. The van der Waals surface area contributed by atoms with Gasteiger partial charge < -0.3 is 18.0 Å². The first-order valence-corrected chi connectivity index (χ1v) is 9.60. The summed E-state index contributed by atoms with van der Waals surface area (Å²) in [5.41, 5.74) is 0. The third kappa shape index (κ3) is 9.04. The van der Waals surface area contributed by atoms with Crippen LogP contribution in [0.3, 0.4) is 0 Å². The molecule has 20 heavy (non-hydrogen) atoms. The molecule has 0 saturated heterocycles. The van der Waals surface area contributed by atoms with Gasteiger partial charge in [0.05, 0.1) is 6.23 Å². The fourth-order valence-electron chi connectivity index (χ4n) is 2.05. The molecule has 1 unspecified atom stereocenters. The molecule has 0 rings (SSSR count). The van der Waals surface area contributed by atoms with Gasteiger partial charge in [-0.25, -0.2) is 0 Å². The third-order valence-corrected chi connectivity index (χ3v) is 6.19. The van der Waals surface area contributed by atoms with E-state index in [-0.39, 0.29) is 6.23 Å². The minimum absolute atomic E-state index is 0.0737. The molecule has 0 aliphatic heterocycles. The van der Waals surface area contributed by atoms with Gasteiger partial charge in [0.15, 0.2) is 0 Å². The molecule has 6 heteroatoms. The molecule has 0 heterocycles. The van der Waals surface area contributed by atoms with Crippen LogP contribution in [0.25, 0.3) is 0 Å². The third-order valence-electron chi connectivity index (χ3n) is 2.70. The van der Waals surface area contributed by atoms with Crippen LogP contribution in [0.1, 0.15) is 41.0 Å². The van der Waals surface area contributed by atoms with E-state index in [0.717, 1.165) is 25.6 Å². The van der Waals surface area contributed by atoms with Crippen LogP contribution in [-0.4, -0.2) is 48.5 Å². The predicted octanol–water partition coefficient (Wildman–Crippen LogP) is 2.64. The topological polar surface area (TPSA) is 49.0 Å². The molecule has 0 saturated carbocycles. The van der Waals surface area contributed by atoms with Crippen LogP contribution < -0.4 is 5.32 Å². The molecule has 0 aromatic rings. The first-order valence-electron chi connectivity index (χ1n) is 7.67. The second kappa shape index (κ2) is 11.7. The lowest BCUT2D eigenvalue weighted by atomic mass is 10.3. The largest absolute Gasteiger partial charge is 0.502 e. The molecule has 5 nitrogen and oxygen atoms in total. The quantitative estimate of drug-likeness (QED) is 0.322. The lowest BCUT2D eigenvalue weighted by Gasteiger charge is -2.33. The Labute approximate surface area is 125 Å². The van der Waals surface area contributed by atoms with Gasteiger partial charge in [0.1, 0.15) is 0 Å². The lowest BCUT2D eigenvalue weighted by Crippen LogP contribution is -2.51. The molecule has 122 valence electrons. The summed E-state index contributed by atoms with van der Waals surface area (Å²) in [7, 11) is -0.871. The van der Waals surface area contributed by atoms with Crippen LogP contribution in [0.2, 0.25) is 6.04 Å².